The first kappa shape index (κ1) is 12.7. The number of hydrogen-bond donors (Lipinski definition) is 2. The number of nitrogens with zero attached hydrogens (tertiary/aromatic N) is 2. The van der Waals surface area contributed by atoms with Crippen LogP contribution in [0.25, 0.3) is 0 Å². The highest BCUT2D eigenvalue weighted by molar-refractivity contribution is 5.49. The lowest BCUT2D eigenvalue weighted by atomic mass is 9.56. The number of allylic oxidation sites excluding steroid dienone is 2. The summed E-state index contributed by atoms with van der Waals surface area (Å²) in [5, 5.41) is 40.3. The predicted octanol–water partition coefficient (Wildman–Crippen LogP) is 0.469. The molecule has 3 fully saturated rings. The summed E-state index contributed by atoms with van der Waals surface area (Å²) in [6.45, 7) is 0.528. The van der Waals surface area contributed by atoms with Crippen LogP contribution in [0.4, 0.5) is 0 Å². The quantitative estimate of drug-likeness (QED) is 0.621. The molecule has 0 saturated carbocycles. The molecular formula is C14H12N2O5. The number of aliphatic hydroxyl groups is 2. The Kier molecular flexibility index (Phi) is 2.28. The lowest BCUT2D eigenvalue weighted by Crippen LogP contribution is -2.53. The van der Waals surface area contributed by atoms with Crippen LogP contribution >= 0.6 is 0 Å². The lowest BCUT2D eigenvalue weighted by molar-refractivity contribution is 0.0579. The van der Waals surface area contributed by atoms with Crippen LogP contribution in [0.1, 0.15) is 0 Å². The summed E-state index contributed by atoms with van der Waals surface area (Å²) in [5.41, 5.74) is -3.36. The summed E-state index contributed by atoms with van der Waals surface area (Å²) in [5.74, 6) is -0.569. The number of fused-ring (bicyclic) bond motifs is 5. The Balaban J connectivity index is 1.97. The van der Waals surface area contributed by atoms with Crippen molar-refractivity contribution in [1.82, 2.24) is 0 Å². The Hall–Kier alpha value is -2.06. The van der Waals surface area contributed by atoms with Gasteiger partial charge in [-0.05, 0) is 12.2 Å². The third kappa shape index (κ3) is 1.27. The molecule has 4 aliphatic rings. The average Bonchev–Trinajstić information content (AvgIpc) is 3.38. The Bertz CT molecular complexity index is 603. The first-order valence-corrected chi connectivity index (χ1v) is 6.64. The van der Waals surface area contributed by atoms with Crippen LogP contribution in [-0.2, 0) is 14.2 Å². The molecule has 3 heterocycles. The molecule has 0 aromatic heterocycles. The summed E-state index contributed by atoms with van der Waals surface area (Å²) >= 11 is 0. The highest BCUT2D eigenvalue weighted by Gasteiger charge is 2.78. The molecule has 0 spiro atoms. The molecule has 1 aliphatic carbocycles. The Labute approximate surface area is 120 Å². The van der Waals surface area contributed by atoms with Crippen molar-refractivity contribution in [3.05, 3.63) is 23.7 Å². The van der Waals surface area contributed by atoms with Crippen LogP contribution in [0.2, 0.25) is 0 Å². The van der Waals surface area contributed by atoms with Crippen molar-refractivity contribution >= 4 is 0 Å². The fourth-order valence-corrected chi connectivity index (χ4v) is 3.58. The standard InChI is InChI=1S/C14H12N2O5/c15-5-13-9(17)1-2-10(18)14(13,6-16)12-8(21-12)4-19-3-7-11(13)20-7/h1-2,7-8,11-12,17-18H,3-4H2. The van der Waals surface area contributed by atoms with Gasteiger partial charge in [-0.15, -0.1) is 0 Å². The fourth-order valence-electron chi connectivity index (χ4n) is 3.58. The second-order valence-electron chi connectivity index (χ2n) is 5.67. The summed E-state index contributed by atoms with van der Waals surface area (Å²) in [7, 11) is 0. The highest BCUT2D eigenvalue weighted by Crippen LogP contribution is 2.64. The first-order valence-electron chi connectivity index (χ1n) is 6.64. The zero-order chi connectivity index (χ0) is 14.8. The zero-order valence-electron chi connectivity index (χ0n) is 10.9. The normalized spacial score (nSPS) is 50.2. The molecule has 0 aromatic rings. The van der Waals surface area contributed by atoms with E-state index in [4.69, 9.17) is 14.2 Å². The van der Waals surface area contributed by atoms with E-state index < -0.39 is 23.0 Å². The molecule has 0 radical (unpaired) electrons. The number of epoxide rings is 2. The first-order chi connectivity index (χ1) is 10.1. The van der Waals surface area contributed by atoms with Gasteiger partial charge >= 0.3 is 0 Å². The minimum atomic E-state index is -1.68. The zero-order valence-corrected chi connectivity index (χ0v) is 10.9. The van der Waals surface area contributed by atoms with E-state index in [-0.39, 0.29) is 36.9 Å². The maximum absolute atomic E-state index is 10.4. The maximum Gasteiger partial charge on any atom is 0.171 e. The minimum absolute atomic E-state index is 0.264. The van der Waals surface area contributed by atoms with E-state index in [0.717, 1.165) is 0 Å². The number of rotatable bonds is 0. The van der Waals surface area contributed by atoms with Crippen molar-refractivity contribution in [2.24, 2.45) is 10.8 Å². The van der Waals surface area contributed by atoms with Crippen LogP contribution in [0.3, 0.4) is 0 Å². The summed E-state index contributed by atoms with van der Waals surface area (Å²) in [6, 6.07) is 4.07. The topological polar surface area (TPSA) is 122 Å². The SMILES string of the molecule is N#CC12C(O)=CC=C(O)C1(C#N)C1OC1COCC1OC12. The third-order valence-corrected chi connectivity index (χ3v) is 4.76. The van der Waals surface area contributed by atoms with Gasteiger partial charge in [-0.25, -0.2) is 0 Å². The number of aliphatic hydroxyl groups excluding tert-OH is 2. The van der Waals surface area contributed by atoms with Crippen molar-refractivity contribution in [3.63, 3.8) is 0 Å². The van der Waals surface area contributed by atoms with Crippen LogP contribution in [-0.4, -0.2) is 47.8 Å². The van der Waals surface area contributed by atoms with Gasteiger partial charge in [0.1, 0.15) is 35.9 Å². The molecule has 21 heavy (non-hydrogen) atoms. The molecule has 3 aliphatic heterocycles. The van der Waals surface area contributed by atoms with Gasteiger partial charge in [-0.1, -0.05) is 0 Å². The molecule has 108 valence electrons. The highest BCUT2D eigenvalue weighted by atomic mass is 16.6. The number of hydrogen-bond acceptors (Lipinski definition) is 7. The van der Waals surface area contributed by atoms with Gasteiger partial charge in [0.25, 0.3) is 0 Å². The molecule has 7 heteroatoms. The van der Waals surface area contributed by atoms with E-state index in [1.54, 1.807) is 0 Å². The fraction of sp³-hybridized carbons (Fsp3) is 0.571. The number of ether oxygens (including phenoxy) is 3. The molecule has 4 rings (SSSR count). The van der Waals surface area contributed by atoms with E-state index in [2.05, 4.69) is 0 Å². The van der Waals surface area contributed by atoms with Gasteiger partial charge in [-0.3, -0.25) is 0 Å². The summed E-state index contributed by atoms with van der Waals surface area (Å²) in [4.78, 5) is 0. The molecule has 7 nitrogen and oxygen atoms in total. The minimum Gasteiger partial charge on any atom is -0.510 e. The Morgan fingerprint density at radius 1 is 0.952 bits per heavy atom. The lowest BCUT2D eigenvalue weighted by Gasteiger charge is -2.40. The molecule has 0 aromatic carbocycles. The molecule has 2 N–H and O–H groups in total. The van der Waals surface area contributed by atoms with Gasteiger partial charge in [-0.2, -0.15) is 10.5 Å². The van der Waals surface area contributed by atoms with Gasteiger partial charge in [0.15, 0.2) is 10.8 Å². The van der Waals surface area contributed by atoms with E-state index in [0.29, 0.717) is 0 Å². The Morgan fingerprint density at radius 3 is 1.76 bits per heavy atom. The van der Waals surface area contributed by atoms with Crippen molar-refractivity contribution in [3.8, 4) is 12.1 Å². The van der Waals surface area contributed by atoms with Crippen molar-refractivity contribution in [1.29, 1.82) is 10.5 Å². The molecule has 0 amide bonds. The Morgan fingerprint density at radius 2 is 1.38 bits per heavy atom. The summed E-state index contributed by atoms with van der Waals surface area (Å²) in [6.07, 6.45) is 0.300. The van der Waals surface area contributed by atoms with Gasteiger partial charge in [0, 0.05) is 0 Å². The maximum atomic E-state index is 10.4. The summed E-state index contributed by atoms with van der Waals surface area (Å²) < 4.78 is 16.4. The number of nitriles is 2. The monoisotopic (exact) mass is 288 g/mol. The van der Waals surface area contributed by atoms with Crippen LogP contribution in [0, 0.1) is 33.5 Å². The van der Waals surface area contributed by atoms with E-state index in [1.165, 1.54) is 12.2 Å². The molecular weight excluding hydrogens is 276 g/mol. The predicted molar refractivity (Wildman–Crippen MR) is 65.7 cm³/mol. The van der Waals surface area contributed by atoms with Crippen LogP contribution in [0.15, 0.2) is 23.7 Å². The van der Waals surface area contributed by atoms with Crippen LogP contribution in [0.5, 0.6) is 0 Å². The van der Waals surface area contributed by atoms with E-state index in [9.17, 15) is 20.7 Å². The second kappa shape index (κ2) is 3.77. The molecule has 6 atom stereocenters. The van der Waals surface area contributed by atoms with Gasteiger partial charge < -0.3 is 24.4 Å². The largest absolute Gasteiger partial charge is 0.510 e. The molecule has 3 saturated heterocycles. The van der Waals surface area contributed by atoms with Crippen molar-refractivity contribution < 1.29 is 24.4 Å². The van der Waals surface area contributed by atoms with Crippen LogP contribution < -0.4 is 0 Å². The smallest absolute Gasteiger partial charge is 0.171 e. The van der Waals surface area contributed by atoms with Crippen molar-refractivity contribution in [2.45, 2.75) is 24.4 Å². The third-order valence-electron chi connectivity index (χ3n) is 4.76. The molecule has 6 unspecified atom stereocenters. The van der Waals surface area contributed by atoms with Crippen molar-refractivity contribution in [2.75, 3.05) is 13.2 Å². The average molecular weight is 288 g/mol. The van der Waals surface area contributed by atoms with Gasteiger partial charge in [0.2, 0.25) is 0 Å². The van der Waals surface area contributed by atoms with E-state index in [1.807, 2.05) is 12.1 Å². The second-order valence-corrected chi connectivity index (χ2v) is 5.67. The van der Waals surface area contributed by atoms with E-state index >= 15 is 0 Å². The molecule has 0 bridgehead atoms. The van der Waals surface area contributed by atoms with Gasteiger partial charge in [0.05, 0.1) is 25.4 Å².